The number of cyclic esters (lactones) is 1. The molecule has 0 unspecified atom stereocenters. The maximum atomic E-state index is 12.1. The lowest BCUT2D eigenvalue weighted by Crippen LogP contribution is -2.35. The highest BCUT2D eigenvalue weighted by molar-refractivity contribution is 7.16. The number of carbonyl (C=O) groups excluding carboxylic acids is 1. The van der Waals surface area contributed by atoms with Crippen LogP contribution in [0.1, 0.15) is 10.4 Å². The third kappa shape index (κ3) is 3.61. The molecule has 0 amide bonds. The van der Waals surface area contributed by atoms with Gasteiger partial charge in [-0.25, -0.2) is 9.79 Å². The Hall–Kier alpha value is -2.15. The highest BCUT2D eigenvalue weighted by atomic mass is 35.5. The highest BCUT2D eigenvalue weighted by Gasteiger charge is 2.24. The van der Waals surface area contributed by atoms with Crippen LogP contribution in [0.25, 0.3) is 6.08 Å². The topological polar surface area (TPSA) is 51.1 Å². The number of nitrogens with zero attached hydrogens (tertiary/aromatic N) is 2. The first kappa shape index (κ1) is 16.3. The average molecular weight is 375 g/mol. The van der Waals surface area contributed by atoms with Gasteiger partial charge < -0.3 is 14.4 Å². The molecule has 0 saturated carbocycles. The van der Waals surface area contributed by atoms with Gasteiger partial charge in [-0.1, -0.05) is 17.7 Å². The zero-order valence-electron chi connectivity index (χ0n) is 13.3. The van der Waals surface area contributed by atoms with E-state index in [1.54, 1.807) is 35.6 Å². The van der Waals surface area contributed by atoms with Gasteiger partial charge in [0, 0.05) is 28.6 Å². The number of morpholine rings is 1. The van der Waals surface area contributed by atoms with Crippen molar-refractivity contribution < 1.29 is 14.3 Å². The molecule has 0 spiro atoms. The Morgan fingerprint density at radius 2 is 2.04 bits per heavy atom. The normalized spacial score (nSPS) is 19.2. The maximum absolute atomic E-state index is 12.1. The molecule has 2 aliphatic heterocycles. The first-order valence-corrected chi connectivity index (χ1v) is 9.09. The third-order valence-electron chi connectivity index (χ3n) is 3.91. The van der Waals surface area contributed by atoms with Crippen LogP contribution in [0, 0.1) is 0 Å². The fourth-order valence-corrected chi connectivity index (χ4v) is 3.85. The molecule has 0 bridgehead atoms. The second-order valence-electron chi connectivity index (χ2n) is 5.62. The van der Waals surface area contributed by atoms with Crippen LogP contribution >= 0.6 is 22.9 Å². The number of hydrogen-bond donors (Lipinski definition) is 0. The molecule has 25 heavy (non-hydrogen) atoms. The lowest BCUT2D eigenvalue weighted by Gasteiger charge is -2.27. The molecule has 3 heterocycles. The lowest BCUT2D eigenvalue weighted by atomic mass is 10.2. The van der Waals surface area contributed by atoms with Crippen molar-refractivity contribution in [1.82, 2.24) is 0 Å². The molecule has 1 saturated heterocycles. The largest absolute Gasteiger partial charge is 0.402 e. The summed E-state index contributed by atoms with van der Waals surface area (Å²) in [6, 6.07) is 11.1. The summed E-state index contributed by atoms with van der Waals surface area (Å²) in [5.74, 6) is -0.167. The Kier molecular flexibility index (Phi) is 4.57. The number of anilines is 1. The number of hydrogen-bond acceptors (Lipinski definition) is 6. The van der Waals surface area contributed by atoms with Crippen molar-refractivity contribution in [2.45, 2.75) is 0 Å². The van der Waals surface area contributed by atoms with E-state index in [1.165, 1.54) is 5.00 Å². The van der Waals surface area contributed by atoms with E-state index in [4.69, 9.17) is 21.1 Å². The number of halogens is 1. The van der Waals surface area contributed by atoms with Gasteiger partial charge in [-0.2, -0.15) is 0 Å². The first-order chi connectivity index (χ1) is 12.2. The number of aliphatic imine (C=N–C) groups is 1. The summed E-state index contributed by atoms with van der Waals surface area (Å²) in [6.45, 7) is 3.26. The van der Waals surface area contributed by atoms with E-state index in [0.717, 1.165) is 31.2 Å². The number of benzene rings is 1. The molecule has 1 fully saturated rings. The Labute approximate surface area is 154 Å². The maximum Gasteiger partial charge on any atom is 0.363 e. The molecular formula is C18H15ClN2O3S. The number of rotatable bonds is 3. The summed E-state index contributed by atoms with van der Waals surface area (Å²) in [5.41, 5.74) is 0.981. The van der Waals surface area contributed by atoms with Gasteiger partial charge in [0.1, 0.15) is 0 Å². The number of thiophene rings is 1. The van der Waals surface area contributed by atoms with Gasteiger partial charge in [-0.05, 0) is 36.4 Å². The minimum absolute atomic E-state index is 0.281. The highest BCUT2D eigenvalue weighted by Crippen LogP contribution is 2.29. The van der Waals surface area contributed by atoms with Gasteiger partial charge in [-0.3, -0.25) is 0 Å². The van der Waals surface area contributed by atoms with Gasteiger partial charge in [0.2, 0.25) is 5.90 Å². The molecule has 128 valence electrons. The molecule has 0 atom stereocenters. The third-order valence-corrected chi connectivity index (χ3v) is 5.23. The van der Waals surface area contributed by atoms with Crippen LogP contribution in [-0.4, -0.2) is 38.2 Å². The van der Waals surface area contributed by atoms with Gasteiger partial charge in [0.05, 0.1) is 18.2 Å². The average Bonchev–Trinajstić information content (AvgIpc) is 3.24. The Bertz CT molecular complexity index is 869. The van der Waals surface area contributed by atoms with Crippen LogP contribution < -0.4 is 4.90 Å². The van der Waals surface area contributed by atoms with Gasteiger partial charge in [0.15, 0.2) is 5.70 Å². The lowest BCUT2D eigenvalue weighted by molar-refractivity contribution is -0.129. The fraction of sp³-hybridized carbons (Fsp3) is 0.222. The van der Waals surface area contributed by atoms with E-state index in [0.29, 0.717) is 16.3 Å². The summed E-state index contributed by atoms with van der Waals surface area (Å²) in [4.78, 5) is 19.7. The van der Waals surface area contributed by atoms with Gasteiger partial charge in [-0.15, -0.1) is 11.3 Å². The molecule has 7 heteroatoms. The van der Waals surface area contributed by atoms with Crippen LogP contribution in [0.2, 0.25) is 5.02 Å². The fourth-order valence-electron chi connectivity index (χ4n) is 2.66. The quantitative estimate of drug-likeness (QED) is 0.608. The van der Waals surface area contributed by atoms with Crippen molar-refractivity contribution in [3.8, 4) is 0 Å². The molecular weight excluding hydrogens is 360 g/mol. The number of ether oxygens (including phenoxy) is 2. The van der Waals surface area contributed by atoms with Crippen LogP contribution in [0.3, 0.4) is 0 Å². The van der Waals surface area contributed by atoms with Crippen molar-refractivity contribution in [2.24, 2.45) is 4.99 Å². The van der Waals surface area contributed by atoms with Crippen LogP contribution in [0.5, 0.6) is 0 Å². The Morgan fingerprint density at radius 1 is 1.20 bits per heavy atom. The molecule has 2 aromatic rings. The van der Waals surface area contributed by atoms with Crippen molar-refractivity contribution in [3.63, 3.8) is 0 Å². The summed E-state index contributed by atoms with van der Waals surface area (Å²) in [6.07, 6.45) is 1.76. The summed E-state index contributed by atoms with van der Waals surface area (Å²) in [7, 11) is 0. The van der Waals surface area contributed by atoms with E-state index in [9.17, 15) is 4.79 Å². The molecule has 5 nitrogen and oxygen atoms in total. The molecule has 4 rings (SSSR count). The molecule has 1 aromatic heterocycles. The van der Waals surface area contributed by atoms with E-state index >= 15 is 0 Å². The van der Waals surface area contributed by atoms with Crippen molar-refractivity contribution in [3.05, 3.63) is 57.6 Å². The van der Waals surface area contributed by atoms with Crippen LogP contribution in [-0.2, 0) is 14.3 Å². The Morgan fingerprint density at radius 3 is 2.84 bits per heavy atom. The zero-order valence-corrected chi connectivity index (χ0v) is 14.8. The minimum Gasteiger partial charge on any atom is -0.402 e. The van der Waals surface area contributed by atoms with E-state index in [-0.39, 0.29) is 5.90 Å². The molecule has 0 radical (unpaired) electrons. The molecule has 2 aliphatic rings. The second-order valence-corrected chi connectivity index (χ2v) is 7.15. The van der Waals surface area contributed by atoms with Crippen LogP contribution in [0.4, 0.5) is 5.00 Å². The smallest absolute Gasteiger partial charge is 0.363 e. The van der Waals surface area contributed by atoms with Gasteiger partial charge >= 0.3 is 5.97 Å². The van der Waals surface area contributed by atoms with Gasteiger partial charge in [0.25, 0.3) is 0 Å². The monoisotopic (exact) mass is 374 g/mol. The van der Waals surface area contributed by atoms with E-state index < -0.39 is 5.97 Å². The summed E-state index contributed by atoms with van der Waals surface area (Å²) in [5, 5.41) is 1.74. The first-order valence-electron chi connectivity index (χ1n) is 7.90. The van der Waals surface area contributed by atoms with E-state index in [2.05, 4.69) is 16.0 Å². The second kappa shape index (κ2) is 7.00. The van der Waals surface area contributed by atoms with E-state index in [1.807, 2.05) is 12.1 Å². The molecule has 1 aromatic carbocycles. The standard InChI is InChI=1S/C18H15ClN2O3S/c19-13-3-1-2-12(10-13)17-20-15(18(22)24-17)11-14-4-5-16(25-14)21-6-8-23-9-7-21/h1-5,10-11H,6-9H2. The molecule has 0 N–H and O–H groups in total. The van der Waals surface area contributed by atoms with Crippen LogP contribution in [0.15, 0.2) is 47.1 Å². The van der Waals surface area contributed by atoms with Crippen molar-refractivity contribution in [1.29, 1.82) is 0 Å². The minimum atomic E-state index is -0.448. The predicted molar refractivity (Wildman–Crippen MR) is 99.4 cm³/mol. The predicted octanol–water partition coefficient (Wildman–Crippen LogP) is 3.58. The SMILES string of the molecule is O=C1OC(c2cccc(Cl)c2)=NC1=Cc1ccc(N2CCOCC2)s1. The summed E-state index contributed by atoms with van der Waals surface area (Å²) >= 11 is 7.60. The summed E-state index contributed by atoms with van der Waals surface area (Å²) < 4.78 is 10.6. The number of esters is 1. The molecule has 0 aliphatic carbocycles. The van der Waals surface area contributed by atoms with Crippen molar-refractivity contribution >= 4 is 45.9 Å². The Balaban J connectivity index is 1.56. The zero-order chi connectivity index (χ0) is 17.2. The number of carbonyl (C=O) groups is 1. The van der Waals surface area contributed by atoms with Crippen molar-refractivity contribution in [2.75, 3.05) is 31.2 Å².